The van der Waals surface area contributed by atoms with E-state index in [1.807, 2.05) is 0 Å². The summed E-state index contributed by atoms with van der Waals surface area (Å²) >= 11 is 0. The summed E-state index contributed by atoms with van der Waals surface area (Å²) in [7, 11) is 0. The van der Waals surface area contributed by atoms with Crippen LogP contribution in [-0.2, 0) is 14.3 Å². The predicted molar refractivity (Wildman–Crippen MR) is 201 cm³/mol. The third-order valence-electron chi connectivity index (χ3n) is 9.40. The Morgan fingerprint density at radius 2 is 1.18 bits per heavy atom. The van der Waals surface area contributed by atoms with Crippen molar-refractivity contribution in [3.05, 3.63) is 36.5 Å². The van der Waals surface area contributed by atoms with Crippen LogP contribution in [0.4, 0.5) is 0 Å². The molecule has 0 saturated carbocycles. The van der Waals surface area contributed by atoms with Gasteiger partial charge in [0.1, 0.15) is 36.6 Å². The molecule has 1 saturated heterocycles. The Labute approximate surface area is 307 Å². The topological polar surface area (TPSA) is 189 Å². The molecular weight excluding hydrogens is 654 g/mol. The number of allylic oxidation sites excluding steroid dienone is 6. The van der Waals surface area contributed by atoms with Crippen LogP contribution >= 0.6 is 0 Å². The fourth-order valence-electron chi connectivity index (χ4n) is 6.00. The molecule has 0 aromatic rings. The average molecular weight is 728 g/mol. The van der Waals surface area contributed by atoms with Crippen molar-refractivity contribution in [2.24, 2.45) is 0 Å². The first-order chi connectivity index (χ1) is 24.7. The summed E-state index contributed by atoms with van der Waals surface area (Å²) in [5, 5.41) is 75.1. The third-order valence-corrected chi connectivity index (χ3v) is 9.40. The molecule has 0 aliphatic carbocycles. The number of carbonyl (C=O) groups is 1. The van der Waals surface area contributed by atoms with Gasteiger partial charge in [-0.15, -0.1) is 0 Å². The molecular formula is C40H73NO10. The number of aliphatic hydroxyl groups excluding tert-OH is 7. The van der Waals surface area contributed by atoms with E-state index in [1.54, 1.807) is 0 Å². The van der Waals surface area contributed by atoms with E-state index in [1.165, 1.54) is 51.4 Å². The second kappa shape index (κ2) is 30.8. The Balaban J connectivity index is 2.58. The zero-order chi connectivity index (χ0) is 37.7. The molecule has 51 heavy (non-hydrogen) atoms. The zero-order valence-electron chi connectivity index (χ0n) is 31.6. The summed E-state index contributed by atoms with van der Waals surface area (Å²) in [6.07, 6.45) is 20.8. The van der Waals surface area contributed by atoms with Crippen LogP contribution in [0.5, 0.6) is 0 Å². The number of nitrogens with one attached hydrogen (secondary N) is 1. The number of amides is 1. The summed E-state index contributed by atoms with van der Waals surface area (Å²) in [5.74, 6) is -0.720. The molecule has 0 spiro atoms. The molecule has 1 heterocycles. The van der Waals surface area contributed by atoms with E-state index < -0.39 is 74.2 Å². The Kier molecular flexibility index (Phi) is 28.6. The van der Waals surface area contributed by atoms with Gasteiger partial charge in [-0.3, -0.25) is 4.79 Å². The van der Waals surface area contributed by atoms with E-state index in [0.29, 0.717) is 19.3 Å². The Morgan fingerprint density at radius 1 is 0.667 bits per heavy atom. The van der Waals surface area contributed by atoms with Crippen molar-refractivity contribution in [2.45, 2.75) is 197 Å². The number of carbonyl (C=O) groups excluding carboxylic acids is 1. The fourth-order valence-corrected chi connectivity index (χ4v) is 6.00. The monoisotopic (exact) mass is 728 g/mol. The molecule has 0 bridgehead atoms. The first kappa shape index (κ1) is 47.4. The van der Waals surface area contributed by atoms with Crippen molar-refractivity contribution in [1.82, 2.24) is 5.32 Å². The molecule has 11 heteroatoms. The van der Waals surface area contributed by atoms with E-state index in [9.17, 15) is 40.5 Å². The van der Waals surface area contributed by atoms with Crippen LogP contribution in [0, 0.1) is 0 Å². The van der Waals surface area contributed by atoms with E-state index >= 15 is 0 Å². The lowest BCUT2D eigenvalue weighted by atomic mass is 9.98. The normalized spacial score (nSPS) is 23.7. The minimum absolute atomic E-state index is 0.241. The van der Waals surface area contributed by atoms with Gasteiger partial charge < -0.3 is 50.5 Å². The second-order valence-corrected chi connectivity index (χ2v) is 14.0. The van der Waals surface area contributed by atoms with Gasteiger partial charge in [-0.05, 0) is 64.2 Å². The van der Waals surface area contributed by atoms with Gasteiger partial charge in [0.05, 0.1) is 25.4 Å². The van der Waals surface area contributed by atoms with Crippen LogP contribution in [0.25, 0.3) is 0 Å². The van der Waals surface area contributed by atoms with Crippen molar-refractivity contribution >= 4 is 5.91 Å². The highest BCUT2D eigenvalue weighted by molar-refractivity contribution is 5.80. The van der Waals surface area contributed by atoms with Crippen molar-refractivity contribution in [2.75, 3.05) is 13.2 Å². The number of unbranched alkanes of at least 4 members (excludes halogenated alkanes) is 13. The quantitative estimate of drug-likeness (QED) is 0.0361. The van der Waals surface area contributed by atoms with Crippen LogP contribution < -0.4 is 5.32 Å². The number of ether oxygens (including phenoxy) is 2. The molecule has 11 nitrogen and oxygen atoms in total. The second-order valence-electron chi connectivity index (χ2n) is 14.0. The lowest BCUT2D eigenvalue weighted by molar-refractivity contribution is -0.303. The van der Waals surface area contributed by atoms with E-state index in [2.05, 4.69) is 55.6 Å². The lowest BCUT2D eigenvalue weighted by Crippen LogP contribution is -2.60. The molecule has 0 aromatic heterocycles. The minimum Gasteiger partial charge on any atom is -0.394 e. The molecule has 9 unspecified atom stereocenters. The van der Waals surface area contributed by atoms with E-state index in [0.717, 1.165) is 44.9 Å². The van der Waals surface area contributed by atoms with E-state index in [4.69, 9.17) is 9.47 Å². The van der Waals surface area contributed by atoms with Gasteiger partial charge in [0.25, 0.3) is 0 Å². The summed E-state index contributed by atoms with van der Waals surface area (Å²) in [5.41, 5.74) is 0. The van der Waals surface area contributed by atoms with Gasteiger partial charge in [-0.1, -0.05) is 115 Å². The largest absolute Gasteiger partial charge is 0.394 e. The number of rotatable bonds is 31. The molecule has 1 aliphatic heterocycles. The Morgan fingerprint density at radius 3 is 1.75 bits per heavy atom. The van der Waals surface area contributed by atoms with Crippen LogP contribution in [0.2, 0.25) is 0 Å². The maximum absolute atomic E-state index is 12.9. The molecule has 0 radical (unpaired) electrons. The summed E-state index contributed by atoms with van der Waals surface area (Å²) in [6, 6.07) is -1.19. The van der Waals surface area contributed by atoms with Crippen LogP contribution in [0.3, 0.4) is 0 Å². The van der Waals surface area contributed by atoms with E-state index in [-0.39, 0.29) is 12.8 Å². The SMILES string of the molecule is CCCCC/C=C/CC/C=C/CC/C=C/CCCC(O)C(O)C(COC1OC(CO)C(O)C(O)C1O)NC(=O)C(O)CCCCCCCCCC. The van der Waals surface area contributed by atoms with Crippen molar-refractivity contribution in [3.8, 4) is 0 Å². The van der Waals surface area contributed by atoms with Crippen molar-refractivity contribution < 1.29 is 50.0 Å². The fraction of sp³-hybridized carbons (Fsp3) is 0.825. The van der Waals surface area contributed by atoms with Gasteiger partial charge in [-0.25, -0.2) is 0 Å². The molecule has 1 aliphatic rings. The van der Waals surface area contributed by atoms with Gasteiger partial charge >= 0.3 is 0 Å². The predicted octanol–water partition coefficient (Wildman–Crippen LogP) is 4.88. The van der Waals surface area contributed by atoms with Crippen LogP contribution in [-0.4, -0.2) is 110 Å². The van der Waals surface area contributed by atoms with Crippen LogP contribution in [0.1, 0.15) is 142 Å². The summed E-state index contributed by atoms with van der Waals surface area (Å²) < 4.78 is 11.0. The minimum atomic E-state index is -1.67. The highest BCUT2D eigenvalue weighted by Crippen LogP contribution is 2.23. The third kappa shape index (κ3) is 21.6. The lowest BCUT2D eigenvalue weighted by Gasteiger charge is -2.40. The Hall–Kier alpha value is -1.67. The molecule has 0 aromatic carbocycles. The highest BCUT2D eigenvalue weighted by Gasteiger charge is 2.44. The molecule has 1 amide bonds. The molecule has 8 N–H and O–H groups in total. The zero-order valence-corrected chi connectivity index (χ0v) is 31.6. The van der Waals surface area contributed by atoms with Crippen molar-refractivity contribution in [3.63, 3.8) is 0 Å². The van der Waals surface area contributed by atoms with Crippen LogP contribution in [0.15, 0.2) is 36.5 Å². The van der Waals surface area contributed by atoms with Crippen molar-refractivity contribution in [1.29, 1.82) is 0 Å². The Bertz CT molecular complexity index is 929. The maximum Gasteiger partial charge on any atom is 0.249 e. The number of hydrogen-bond donors (Lipinski definition) is 8. The first-order valence-electron chi connectivity index (χ1n) is 19.9. The van der Waals surface area contributed by atoms with Gasteiger partial charge in [0.2, 0.25) is 5.91 Å². The molecule has 9 atom stereocenters. The standard InChI is InChI=1S/C40H73NO10/c1-3-5-7-9-11-13-14-15-16-17-18-19-20-22-23-25-27-32(43)35(45)31(30-50-40-38(48)37(47)36(46)34(29-42)51-40)41-39(49)33(44)28-26-24-21-12-10-8-6-4-2/h11,13,16-17,20,22,31-38,40,42-48H,3-10,12,14-15,18-19,21,23-30H2,1-2H3,(H,41,49)/b13-11+,17-16+,22-20+. The average Bonchev–Trinajstić information content (AvgIpc) is 3.13. The van der Waals surface area contributed by atoms with Gasteiger partial charge in [0.15, 0.2) is 6.29 Å². The highest BCUT2D eigenvalue weighted by atomic mass is 16.7. The van der Waals surface area contributed by atoms with Gasteiger partial charge in [0, 0.05) is 0 Å². The number of hydrogen-bond acceptors (Lipinski definition) is 10. The molecule has 1 fully saturated rings. The first-order valence-corrected chi connectivity index (χ1v) is 19.9. The number of aliphatic hydroxyl groups is 7. The smallest absolute Gasteiger partial charge is 0.249 e. The summed E-state index contributed by atoms with van der Waals surface area (Å²) in [6.45, 7) is 3.31. The van der Waals surface area contributed by atoms with Gasteiger partial charge in [-0.2, -0.15) is 0 Å². The summed E-state index contributed by atoms with van der Waals surface area (Å²) in [4.78, 5) is 12.9. The maximum atomic E-state index is 12.9. The molecule has 298 valence electrons. The molecule has 1 rings (SSSR count).